The molecule has 0 amide bonds. The summed E-state index contributed by atoms with van der Waals surface area (Å²) in [5.41, 5.74) is 2.67. The van der Waals surface area contributed by atoms with Gasteiger partial charge in [-0.2, -0.15) is 0 Å². The van der Waals surface area contributed by atoms with Crippen molar-refractivity contribution < 1.29 is 61.8 Å². The maximum absolute atomic E-state index is 12.8. The second kappa shape index (κ2) is 34.2. The molecule has 0 radical (unpaired) electrons. The van der Waals surface area contributed by atoms with Crippen LogP contribution >= 0.6 is 7.82 Å². The van der Waals surface area contributed by atoms with Gasteiger partial charge in [0.2, 0.25) is 0 Å². The Labute approximate surface area is 400 Å². The first-order valence-corrected chi connectivity index (χ1v) is 27.5. The molecule has 66 heavy (non-hydrogen) atoms. The van der Waals surface area contributed by atoms with Gasteiger partial charge in [-0.1, -0.05) is 129 Å². The lowest BCUT2D eigenvalue weighted by Crippen LogP contribution is -2.37. The summed E-state index contributed by atoms with van der Waals surface area (Å²) in [4.78, 5) is 38.0. The number of rotatable bonds is 40. The number of phosphoric ester groups is 1. The van der Waals surface area contributed by atoms with Crippen LogP contribution in [0.1, 0.15) is 197 Å². The molecule has 1 unspecified atom stereocenters. The Balaban J connectivity index is 1.68. The first-order chi connectivity index (χ1) is 31.5. The van der Waals surface area contributed by atoms with E-state index >= 15 is 0 Å². The van der Waals surface area contributed by atoms with Crippen molar-refractivity contribution in [3.8, 4) is 0 Å². The van der Waals surface area contributed by atoms with Crippen LogP contribution in [0.25, 0.3) is 0 Å². The lowest BCUT2D eigenvalue weighted by Gasteiger charge is -2.28. The van der Waals surface area contributed by atoms with Gasteiger partial charge in [0.25, 0.3) is 7.82 Å². The number of hydrogen-bond donors (Lipinski definition) is 3. The molecule has 1 heterocycles. The number of hydrogen-bond acceptors (Lipinski definition) is 12. The molecule has 0 spiro atoms. The number of carbonyl (C=O) groups is 2. The van der Waals surface area contributed by atoms with E-state index in [-0.39, 0.29) is 37.9 Å². The number of unbranched alkanes of at least 4 members (excludes halogenated alkanes) is 16. The van der Waals surface area contributed by atoms with E-state index in [1.165, 1.54) is 74.0 Å². The molecule has 13 nitrogen and oxygen atoms in total. The van der Waals surface area contributed by atoms with Gasteiger partial charge >= 0.3 is 11.9 Å². The topological polar surface area (TPSA) is 185 Å². The fourth-order valence-electron chi connectivity index (χ4n) is 8.70. The van der Waals surface area contributed by atoms with Crippen LogP contribution in [0.4, 0.5) is 0 Å². The number of aliphatic hydroxyl groups excluding tert-OH is 3. The van der Waals surface area contributed by atoms with E-state index < -0.39 is 50.8 Å². The van der Waals surface area contributed by atoms with E-state index in [0.29, 0.717) is 36.7 Å². The number of phosphoric acid groups is 1. The summed E-state index contributed by atoms with van der Waals surface area (Å²) in [6.07, 6.45) is 25.4. The van der Waals surface area contributed by atoms with E-state index in [2.05, 4.69) is 27.7 Å². The van der Waals surface area contributed by atoms with Crippen LogP contribution in [-0.2, 0) is 45.5 Å². The maximum Gasteiger partial charge on any atom is 0.306 e. The number of ether oxygens (including phenoxy) is 2. The molecule has 1 aromatic heterocycles. The van der Waals surface area contributed by atoms with Crippen molar-refractivity contribution in [2.45, 2.75) is 225 Å². The molecule has 3 N–H and O–H groups in total. The van der Waals surface area contributed by atoms with E-state index in [0.717, 1.165) is 83.5 Å². The van der Waals surface area contributed by atoms with Gasteiger partial charge in [-0.25, -0.2) is 0 Å². The summed E-state index contributed by atoms with van der Waals surface area (Å²) in [5, 5.41) is 31.5. The zero-order valence-corrected chi connectivity index (χ0v) is 43.3. The number of aryl methyl sites for hydroxylation is 2. The predicted octanol–water partition coefficient (Wildman–Crippen LogP) is 10.3. The van der Waals surface area contributed by atoms with Crippen LogP contribution in [0.2, 0.25) is 0 Å². The van der Waals surface area contributed by atoms with Crippen LogP contribution in [0, 0.1) is 25.7 Å². The molecule has 2 rings (SSSR count). The monoisotopic (exact) mass is 956 g/mol. The average molecular weight is 956 g/mol. The Morgan fingerprint density at radius 1 is 0.742 bits per heavy atom. The molecule has 0 bridgehead atoms. The SMILES string of the molecule is CCCCCc1oc(CCCCCCCCCCCCC(=O)O[C@H](COC(=O)CCCCCC[C@@H]2[C@@H](/C=C/[C@@H](O)CCCCC)[C@H](O)C[C@@H]2O)COP(=O)([O-])OCC[N+](C)(C)C)c(C)c1C. The summed E-state index contributed by atoms with van der Waals surface area (Å²) < 4.78 is 40.3. The van der Waals surface area contributed by atoms with Crippen LogP contribution < -0.4 is 4.89 Å². The number of aliphatic hydroxyl groups is 3. The van der Waals surface area contributed by atoms with Gasteiger partial charge in [0, 0.05) is 38.0 Å². The third-order valence-electron chi connectivity index (χ3n) is 13.1. The minimum atomic E-state index is -4.69. The molecule has 7 atom stereocenters. The highest BCUT2D eigenvalue weighted by Gasteiger charge is 2.39. The van der Waals surface area contributed by atoms with Gasteiger partial charge in [0.1, 0.15) is 31.3 Å². The largest absolute Gasteiger partial charge is 0.756 e. The molecular weight excluding hydrogens is 862 g/mol. The number of esters is 2. The second-order valence-corrected chi connectivity index (χ2v) is 21.5. The number of furan rings is 1. The third kappa shape index (κ3) is 27.2. The zero-order chi connectivity index (χ0) is 48.8. The first kappa shape index (κ1) is 60.0. The van der Waals surface area contributed by atoms with Crippen LogP contribution in [0.5, 0.6) is 0 Å². The molecule has 1 saturated carbocycles. The highest BCUT2D eigenvalue weighted by Crippen LogP contribution is 2.39. The summed E-state index contributed by atoms with van der Waals surface area (Å²) in [7, 11) is 1.04. The zero-order valence-electron chi connectivity index (χ0n) is 42.4. The predicted molar refractivity (Wildman–Crippen MR) is 260 cm³/mol. The molecular formula is C52H94NO12P. The van der Waals surface area contributed by atoms with E-state index in [9.17, 15) is 34.4 Å². The van der Waals surface area contributed by atoms with Gasteiger partial charge in [0.15, 0.2) is 6.10 Å². The van der Waals surface area contributed by atoms with Crippen molar-refractivity contribution in [1.82, 2.24) is 0 Å². The Hall–Kier alpha value is -2.09. The first-order valence-electron chi connectivity index (χ1n) is 26.0. The van der Waals surface area contributed by atoms with Crippen molar-refractivity contribution in [2.24, 2.45) is 11.8 Å². The van der Waals surface area contributed by atoms with Crippen LogP contribution in [-0.4, -0.2) is 104 Å². The minimum Gasteiger partial charge on any atom is -0.756 e. The van der Waals surface area contributed by atoms with E-state index in [4.69, 9.17) is 22.9 Å². The van der Waals surface area contributed by atoms with Gasteiger partial charge < -0.3 is 47.6 Å². The van der Waals surface area contributed by atoms with Crippen molar-refractivity contribution in [3.63, 3.8) is 0 Å². The lowest BCUT2D eigenvalue weighted by atomic mass is 9.88. The quantitative estimate of drug-likeness (QED) is 0.0186. The number of nitrogens with zero attached hydrogens (tertiary/aromatic N) is 1. The smallest absolute Gasteiger partial charge is 0.306 e. The molecule has 0 aliphatic heterocycles. The van der Waals surface area contributed by atoms with Crippen molar-refractivity contribution in [3.05, 3.63) is 34.8 Å². The third-order valence-corrected chi connectivity index (χ3v) is 14.1. The normalized spacial score (nSPS) is 19.6. The fourth-order valence-corrected chi connectivity index (χ4v) is 9.42. The molecule has 1 aromatic rings. The maximum atomic E-state index is 12.8. The molecule has 0 saturated heterocycles. The Morgan fingerprint density at radius 3 is 1.86 bits per heavy atom. The second-order valence-electron chi connectivity index (χ2n) is 20.1. The Morgan fingerprint density at radius 2 is 1.27 bits per heavy atom. The minimum absolute atomic E-state index is 0.0696. The van der Waals surface area contributed by atoms with Crippen LogP contribution in [0.3, 0.4) is 0 Å². The Kier molecular flexibility index (Phi) is 31.1. The van der Waals surface area contributed by atoms with Gasteiger partial charge in [-0.3, -0.25) is 14.2 Å². The summed E-state index contributed by atoms with van der Waals surface area (Å²) in [6.45, 7) is 8.24. The van der Waals surface area contributed by atoms with E-state index in [1.807, 2.05) is 27.2 Å². The highest BCUT2D eigenvalue weighted by atomic mass is 31.2. The fraction of sp³-hybridized carbons (Fsp3) is 0.846. The van der Waals surface area contributed by atoms with Crippen molar-refractivity contribution >= 4 is 19.8 Å². The van der Waals surface area contributed by atoms with Gasteiger partial charge in [0.05, 0.1) is 46.1 Å². The molecule has 0 aromatic carbocycles. The molecule has 1 fully saturated rings. The molecule has 1 aliphatic rings. The number of quaternary nitrogens is 1. The molecule has 384 valence electrons. The van der Waals surface area contributed by atoms with Crippen LogP contribution in [0.15, 0.2) is 16.6 Å². The molecule has 14 heteroatoms. The lowest BCUT2D eigenvalue weighted by molar-refractivity contribution is -0.870. The number of carbonyl (C=O) groups excluding carboxylic acids is 2. The highest BCUT2D eigenvalue weighted by molar-refractivity contribution is 7.45. The summed E-state index contributed by atoms with van der Waals surface area (Å²) in [5.74, 6) is 1.08. The Bertz CT molecular complexity index is 1520. The average Bonchev–Trinajstić information content (AvgIpc) is 3.68. The van der Waals surface area contributed by atoms with E-state index in [1.54, 1.807) is 6.08 Å². The van der Waals surface area contributed by atoms with Gasteiger partial charge in [-0.15, -0.1) is 0 Å². The summed E-state index contributed by atoms with van der Waals surface area (Å²) >= 11 is 0. The standard InChI is InChI=1S/C52H94NO12P/c1-8-10-22-28-43(54)34-35-46-45(47(55)38-48(46)56)29-24-20-21-26-32-51(57)61-39-44(40-63-66(59,60)62-37-36-53(5,6)7)64-52(58)33-27-19-17-15-13-12-14-16-18-25-31-50-42(4)41(3)49(65-50)30-23-11-9-2/h34-35,43-48,54-56H,8-33,36-40H2,1-7H3/b35-34+/t43-,44+,45+,46+,47-,48+/m0/s1. The molecule has 1 aliphatic carbocycles. The van der Waals surface area contributed by atoms with Crippen molar-refractivity contribution in [1.29, 1.82) is 0 Å². The number of likely N-dealkylation sites (N-methyl/N-ethyl adjacent to an activating group) is 1. The van der Waals surface area contributed by atoms with Crippen molar-refractivity contribution in [2.75, 3.05) is 47.5 Å². The van der Waals surface area contributed by atoms with Gasteiger partial charge in [-0.05, 0) is 69.4 Å². The summed E-state index contributed by atoms with van der Waals surface area (Å²) in [6, 6.07) is 0.